The summed E-state index contributed by atoms with van der Waals surface area (Å²) >= 11 is 0. The van der Waals surface area contributed by atoms with Crippen molar-refractivity contribution < 1.29 is 9.59 Å². The molecule has 0 bridgehead atoms. The second kappa shape index (κ2) is 7.30. The van der Waals surface area contributed by atoms with Crippen LogP contribution < -0.4 is 10.6 Å². The average Bonchev–Trinajstić information content (AvgIpc) is 2.34. The Kier molecular flexibility index (Phi) is 6.01. The van der Waals surface area contributed by atoms with Crippen molar-refractivity contribution >= 4 is 11.8 Å². The van der Waals surface area contributed by atoms with Gasteiger partial charge in [-0.25, -0.2) is 0 Å². The van der Waals surface area contributed by atoms with Gasteiger partial charge in [0.1, 0.15) is 0 Å². The SMILES string of the molecule is CCCNC(=O)CNC(=O)C1CCC(C)CC1. The maximum Gasteiger partial charge on any atom is 0.239 e. The van der Waals surface area contributed by atoms with Gasteiger partial charge in [-0.2, -0.15) is 0 Å². The van der Waals surface area contributed by atoms with Gasteiger partial charge >= 0.3 is 0 Å². The molecule has 1 saturated carbocycles. The molecular formula is C13H24N2O2. The zero-order valence-corrected chi connectivity index (χ0v) is 10.9. The third kappa shape index (κ3) is 5.20. The third-order valence-electron chi connectivity index (χ3n) is 3.38. The standard InChI is InChI=1S/C13H24N2O2/c1-3-8-14-12(16)9-15-13(17)11-6-4-10(2)5-7-11/h10-11H,3-9H2,1-2H3,(H,14,16)(H,15,17). The fourth-order valence-corrected chi connectivity index (χ4v) is 2.16. The van der Waals surface area contributed by atoms with Gasteiger partial charge in [-0.05, 0) is 38.0 Å². The summed E-state index contributed by atoms with van der Waals surface area (Å²) in [4.78, 5) is 23.1. The highest BCUT2D eigenvalue weighted by Gasteiger charge is 2.24. The summed E-state index contributed by atoms with van der Waals surface area (Å²) in [5, 5.41) is 5.47. The van der Waals surface area contributed by atoms with Crippen LogP contribution in [0.25, 0.3) is 0 Å². The molecule has 0 aliphatic heterocycles. The molecule has 0 aromatic carbocycles. The molecule has 0 heterocycles. The Hall–Kier alpha value is -1.06. The maximum atomic E-state index is 11.8. The molecule has 4 nitrogen and oxygen atoms in total. The highest BCUT2D eigenvalue weighted by atomic mass is 16.2. The zero-order chi connectivity index (χ0) is 12.7. The number of carbonyl (C=O) groups excluding carboxylic acids is 2. The Labute approximate surface area is 104 Å². The van der Waals surface area contributed by atoms with Crippen molar-refractivity contribution in [3.05, 3.63) is 0 Å². The monoisotopic (exact) mass is 240 g/mol. The summed E-state index contributed by atoms with van der Waals surface area (Å²) in [7, 11) is 0. The van der Waals surface area contributed by atoms with Crippen LogP contribution in [0, 0.1) is 11.8 Å². The molecule has 2 amide bonds. The Morgan fingerprint density at radius 2 is 1.76 bits per heavy atom. The van der Waals surface area contributed by atoms with Gasteiger partial charge in [-0.15, -0.1) is 0 Å². The summed E-state index contributed by atoms with van der Waals surface area (Å²) in [6.07, 6.45) is 5.09. The predicted octanol–water partition coefficient (Wildman–Crippen LogP) is 1.46. The molecule has 0 aromatic heterocycles. The van der Waals surface area contributed by atoms with E-state index in [1.807, 2.05) is 6.92 Å². The summed E-state index contributed by atoms with van der Waals surface area (Å²) < 4.78 is 0. The number of nitrogens with one attached hydrogen (secondary N) is 2. The average molecular weight is 240 g/mol. The second-order valence-corrected chi connectivity index (χ2v) is 5.02. The van der Waals surface area contributed by atoms with Gasteiger partial charge < -0.3 is 10.6 Å². The maximum absolute atomic E-state index is 11.8. The first-order chi connectivity index (χ1) is 8.13. The number of hydrogen-bond acceptors (Lipinski definition) is 2. The van der Waals surface area contributed by atoms with E-state index in [0.717, 1.165) is 38.0 Å². The minimum Gasteiger partial charge on any atom is -0.355 e. The van der Waals surface area contributed by atoms with Crippen molar-refractivity contribution in [2.75, 3.05) is 13.1 Å². The van der Waals surface area contributed by atoms with Crippen molar-refractivity contribution in [2.45, 2.75) is 46.0 Å². The Morgan fingerprint density at radius 1 is 1.12 bits per heavy atom. The van der Waals surface area contributed by atoms with Crippen LogP contribution in [-0.4, -0.2) is 24.9 Å². The number of carbonyl (C=O) groups is 2. The quantitative estimate of drug-likeness (QED) is 0.764. The van der Waals surface area contributed by atoms with Crippen LogP contribution in [0.4, 0.5) is 0 Å². The number of rotatable bonds is 5. The van der Waals surface area contributed by atoms with E-state index in [0.29, 0.717) is 6.54 Å². The lowest BCUT2D eigenvalue weighted by molar-refractivity contribution is -0.129. The first kappa shape index (κ1) is 14.0. The van der Waals surface area contributed by atoms with Crippen LogP contribution in [0.3, 0.4) is 0 Å². The third-order valence-corrected chi connectivity index (χ3v) is 3.38. The van der Waals surface area contributed by atoms with Crippen LogP contribution in [0.1, 0.15) is 46.0 Å². The van der Waals surface area contributed by atoms with Crippen LogP contribution in [0.15, 0.2) is 0 Å². The van der Waals surface area contributed by atoms with E-state index in [-0.39, 0.29) is 24.3 Å². The van der Waals surface area contributed by atoms with E-state index in [2.05, 4.69) is 17.6 Å². The molecule has 0 radical (unpaired) electrons. The molecule has 17 heavy (non-hydrogen) atoms. The molecule has 0 atom stereocenters. The normalized spacial score (nSPS) is 24.1. The summed E-state index contributed by atoms with van der Waals surface area (Å²) in [6, 6.07) is 0. The minimum atomic E-state index is -0.0932. The van der Waals surface area contributed by atoms with Gasteiger partial charge in [0.25, 0.3) is 0 Å². The molecule has 98 valence electrons. The van der Waals surface area contributed by atoms with Crippen LogP contribution in [0.2, 0.25) is 0 Å². The lowest BCUT2D eigenvalue weighted by Crippen LogP contribution is -2.40. The summed E-state index contributed by atoms with van der Waals surface area (Å²) in [5.41, 5.74) is 0. The van der Waals surface area contributed by atoms with Crippen LogP contribution in [-0.2, 0) is 9.59 Å². The molecule has 1 aliphatic carbocycles. The Bertz CT molecular complexity index is 258. The predicted molar refractivity (Wildman–Crippen MR) is 67.4 cm³/mol. The first-order valence-corrected chi connectivity index (χ1v) is 6.68. The minimum absolute atomic E-state index is 0.0450. The summed E-state index contributed by atoms with van der Waals surface area (Å²) in [5.74, 6) is 0.810. The van der Waals surface area contributed by atoms with E-state index in [9.17, 15) is 9.59 Å². The molecule has 1 rings (SSSR count). The largest absolute Gasteiger partial charge is 0.355 e. The van der Waals surface area contributed by atoms with Gasteiger partial charge in [0.05, 0.1) is 6.54 Å². The smallest absolute Gasteiger partial charge is 0.239 e. The second-order valence-electron chi connectivity index (χ2n) is 5.02. The molecular weight excluding hydrogens is 216 g/mol. The molecule has 0 saturated heterocycles. The highest BCUT2D eigenvalue weighted by Crippen LogP contribution is 2.28. The van der Waals surface area contributed by atoms with E-state index >= 15 is 0 Å². The van der Waals surface area contributed by atoms with E-state index in [1.54, 1.807) is 0 Å². The molecule has 1 aliphatic rings. The van der Waals surface area contributed by atoms with Gasteiger partial charge in [0.2, 0.25) is 11.8 Å². The topological polar surface area (TPSA) is 58.2 Å². The lowest BCUT2D eigenvalue weighted by Gasteiger charge is -2.25. The zero-order valence-electron chi connectivity index (χ0n) is 10.9. The Balaban J connectivity index is 2.18. The van der Waals surface area contributed by atoms with Crippen molar-refractivity contribution in [3.8, 4) is 0 Å². The number of amides is 2. The highest BCUT2D eigenvalue weighted by molar-refractivity contribution is 5.85. The van der Waals surface area contributed by atoms with Crippen molar-refractivity contribution in [2.24, 2.45) is 11.8 Å². The fraction of sp³-hybridized carbons (Fsp3) is 0.846. The van der Waals surface area contributed by atoms with Gasteiger partial charge in [0, 0.05) is 12.5 Å². The summed E-state index contributed by atoms with van der Waals surface area (Å²) in [6.45, 7) is 5.02. The Morgan fingerprint density at radius 3 is 2.35 bits per heavy atom. The van der Waals surface area contributed by atoms with Crippen molar-refractivity contribution in [1.82, 2.24) is 10.6 Å². The van der Waals surface area contributed by atoms with E-state index in [4.69, 9.17) is 0 Å². The van der Waals surface area contributed by atoms with Crippen molar-refractivity contribution in [1.29, 1.82) is 0 Å². The molecule has 4 heteroatoms. The van der Waals surface area contributed by atoms with E-state index in [1.165, 1.54) is 0 Å². The molecule has 0 unspecified atom stereocenters. The first-order valence-electron chi connectivity index (χ1n) is 6.68. The van der Waals surface area contributed by atoms with Crippen LogP contribution >= 0.6 is 0 Å². The van der Waals surface area contributed by atoms with Crippen LogP contribution in [0.5, 0.6) is 0 Å². The van der Waals surface area contributed by atoms with Crippen molar-refractivity contribution in [3.63, 3.8) is 0 Å². The fourth-order valence-electron chi connectivity index (χ4n) is 2.16. The van der Waals surface area contributed by atoms with Gasteiger partial charge in [-0.3, -0.25) is 9.59 Å². The number of hydrogen-bond donors (Lipinski definition) is 2. The lowest BCUT2D eigenvalue weighted by atomic mass is 9.82. The van der Waals surface area contributed by atoms with Gasteiger partial charge in [0.15, 0.2) is 0 Å². The van der Waals surface area contributed by atoms with E-state index < -0.39 is 0 Å². The molecule has 0 aromatic rings. The van der Waals surface area contributed by atoms with Gasteiger partial charge in [-0.1, -0.05) is 13.8 Å². The molecule has 1 fully saturated rings. The molecule has 2 N–H and O–H groups in total. The molecule has 0 spiro atoms.